The Hall–Kier alpha value is -4.48. The second-order valence-corrected chi connectivity index (χ2v) is 9.58. The van der Waals surface area contributed by atoms with Gasteiger partial charge in [0.05, 0.1) is 21.4 Å². The van der Waals surface area contributed by atoms with E-state index in [4.69, 9.17) is 4.98 Å². The molecule has 4 heterocycles. The predicted octanol–water partition coefficient (Wildman–Crippen LogP) is 4.69. The van der Waals surface area contributed by atoms with E-state index in [-0.39, 0.29) is 5.56 Å². The second-order valence-electron chi connectivity index (χ2n) is 8.55. The third-order valence-electron chi connectivity index (χ3n) is 6.38. The van der Waals surface area contributed by atoms with Gasteiger partial charge in [-0.2, -0.15) is 5.26 Å². The van der Waals surface area contributed by atoms with Crippen molar-refractivity contribution in [1.82, 2.24) is 14.4 Å². The molecule has 0 bridgehead atoms. The zero-order chi connectivity index (χ0) is 24.5. The minimum Gasteiger partial charge on any atom is -0.368 e. The van der Waals surface area contributed by atoms with Gasteiger partial charge >= 0.3 is 0 Å². The molecule has 0 aliphatic carbocycles. The maximum absolute atomic E-state index is 13.6. The van der Waals surface area contributed by atoms with Crippen molar-refractivity contribution < 1.29 is 0 Å². The highest BCUT2D eigenvalue weighted by molar-refractivity contribution is 7.19. The van der Waals surface area contributed by atoms with Gasteiger partial charge in [0.2, 0.25) is 0 Å². The molecule has 176 valence electrons. The summed E-state index contributed by atoms with van der Waals surface area (Å²) < 4.78 is 2.53. The molecule has 5 aromatic rings. The molecule has 0 atom stereocenters. The lowest BCUT2D eigenvalue weighted by Crippen LogP contribution is -2.47. The van der Waals surface area contributed by atoms with Crippen molar-refractivity contribution in [2.45, 2.75) is 0 Å². The number of hydrogen-bond acceptors (Lipinski definition) is 7. The van der Waals surface area contributed by atoms with Gasteiger partial charge in [0.15, 0.2) is 0 Å². The van der Waals surface area contributed by atoms with E-state index in [0.717, 1.165) is 23.3 Å². The summed E-state index contributed by atoms with van der Waals surface area (Å²) in [6.45, 7) is 3.06. The molecule has 6 rings (SSSR count). The highest BCUT2D eigenvalue weighted by Crippen LogP contribution is 2.29. The normalized spacial score (nSPS) is 14.4. The van der Waals surface area contributed by atoms with Crippen molar-refractivity contribution in [3.05, 3.63) is 99.9 Å². The fourth-order valence-corrected chi connectivity index (χ4v) is 5.48. The first-order valence-corrected chi connectivity index (χ1v) is 12.6. The van der Waals surface area contributed by atoms with Crippen LogP contribution in [-0.2, 0) is 0 Å². The largest absolute Gasteiger partial charge is 0.368 e. The highest BCUT2D eigenvalue weighted by atomic mass is 32.1. The predicted molar refractivity (Wildman–Crippen MR) is 145 cm³/mol. The van der Waals surface area contributed by atoms with Crippen molar-refractivity contribution in [3.63, 3.8) is 0 Å². The van der Waals surface area contributed by atoms with E-state index in [0.29, 0.717) is 40.7 Å². The van der Waals surface area contributed by atoms with Crippen LogP contribution in [0, 0.1) is 11.3 Å². The molecule has 7 nitrogen and oxygen atoms in total. The molecule has 3 aromatic heterocycles. The summed E-state index contributed by atoms with van der Waals surface area (Å²) in [6, 6.07) is 25.9. The molecule has 1 saturated heterocycles. The molecule has 8 heteroatoms. The first kappa shape index (κ1) is 22.0. The smallest absolute Gasteiger partial charge is 0.267 e. The van der Waals surface area contributed by atoms with Crippen LogP contribution in [0.1, 0.15) is 10.6 Å². The number of fused-ring (bicyclic) bond motifs is 2. The first-order valence-electron chi connectivity index (χ1n) is 11.8. The molecule has 0 saturated carbocycles. The molecule has 2 aromatic carbocycles. The number of anilines is 2. The maximum atomic E-state index is 13.6. The second kappa shape index (κ2) is 9.29. The molecular weight excluding hydrogens is 468 g/mol. The minimum atomic E-state index is -0.199. The minimum absolute atomic E-state index is 0.199. The molecule has 36 heavy (non-hydrogen) atoms. The first-order chi connectivity index (χ1) is 17.7. The summed E-state index contributed by atoms with van der Waals surface area (Å²) >= 11 is 1.45. The van der Waals surface area contributed by atoms with Crippen LogP contribution in [0.3, 0.4) is 0 Å². The molecular formula is C28H22N6OS. The van der Waals surface area contributed by atoms with E-state index in [2.05, 4.69) is 33.0 Å². The number of nitrogens with zero attached hydrogens (tertiary/aromatic N) is 6. The number of benzene rings is 2. The maximum Gasteiger partial charge on any atom is 0.267 e. The number of rotatable bonds is 4. The van der Waals surface area contributed by atoms with Crippen LogP contribution in [0.5, 0.6) is 0 Å². The van der Waals surface area contributed by atoms with Crippen LogP contribution >= 0.6 is 11.3 Å². The van der Waals surface area contributed by atoms with Gasteiger partial charge in [-0.15, -0.1) is 11.3 Å². The third kappa shape index (κ3) is 4.00. The van der Waals surface area contributed by atoms with Gasteiger partial charge in [-0.3, -0.25) is 9.20 Å². The summed E-state index contributed by atoms with van der Waals surface area (Å²) in [5, 5.41) is 10.6. The van der Waals surface area contributed by atoms with E-state index < -0.39 is 0 Å². The lowest BCUT2D eigenvalue weighted by atomic mass is 10.1. The Balaban J connectivity index is 1.43. The number of nitriles is 1. The summed E-state index contributed by atoms with van der Waals surface area (Å²) in [5.41, 5.74) is 3.17. The van der Waals surface area contributed by atoms with Crippen LogP contribution < -0.4 is 15.4 Å². The molecule has 1 aliphatic heterocycles. The molecule has 0 radical (unpaired) electrons. The molecule has 1 aliphatic rings. The Labute approximate surface area is 211 Å². The Bertz CT molecular complexity index is 1660. The average Bonchev–Trinajstić information content (AvgIpc) is 3.37. The van der Waals surface area contributed by atoms with Crippen molar-refractivity contribution in [1.29, 1.82) is 5.26 Å². The lowest BCUT2D eigenvalue weighted by Gasteiger charge is -2.37. The number of allylic oxidation sites excluding steroid dienone is 1. The lowest BCUT2D eigenvalue weighted by molar-refractivity contribution is 0.646. The van der Waals surface area contributed by atoms with Gasteiger partial charge in [0.1, 0.15) is 22.5 Å². The number of para-hydroxylation sites is 2. The number of piperazine rings is 1. The number of aromatic nitrogens is 3. The fraction of sp³-hybridized carbons (Fsp3) is 0.143. The van der Waals surface area contributed by atoms with Crippen LogP contribution in [0.15, 0.2) is 83.8 Å². The Morgan fingerprint density at radius 1 is 0.889 bits per heavy atom. The van der Waals surface area contributed by atoms with Gasteiger partial charge in [0.25, 0.3) is 5.56 Å². The monoisotopic (exact) mass is 490 g/mol. The standard InChI is InChI=1S/C28H22N6OS/c29-19-20(27-30-23-10-4-5-11-24(23)36-27)18-22-26(31-25-12-6-7-13-34(25)28(22)35)33-16-14-32(15-17-33)21-8-2-1-3-9-21/h1-13,18H,14-17H2/b20-18+. The topological polar surface area (TPSA) is 77.5 Å². The van der Waals surface area contributed by atoms with Gasteiger partial charge in [0, 0.05) is 38.1 Å². The Morgan fingerprint density at radius 2 is 1.61 bits per heavy atom. The molecule has 1 fully saturated rings. The van der Waals surface area contributed by atoms with E-state index in [1.165, 1.54) is 21.4 Å². The van der Waals surface area contributed by atoms with Crippen molar-refractivity contribution >= 4 is 50.4 Å². The number of hydrogen-bond donors (Lipinski definition) is 0. The van der Waals surface area contributed by atoms with Gasteiger partial charge < -0.3 is 9.80 Å². The van der Waals surface area contributed by atoms with Crippen molar-refractivity contribution in [3.8, 4) is 6.07 Å². The molecule has 0 amide bonds. The van der Waals surface area contributed by atoms with Gasteiger partial charge in [-0.05, 0) is 42.5 Å². The molecule has 0 N–H and O–H groups in total. The summed E-state index contributed by atoms with van der Waals surface area (Å²) in [7, 11) is 0. The fourth-order valence-electron chi connectivity index (χ4n) is 4.55. The Kier molecular flexibility index (Phi) is 5.68. The van der Waals surface area contributed by atoms with Crippen molar-refractivity contribution in [2.75, 3.05) is 36.0 Å². The van der Waals surface area contributed by atoms with E-state index in [1.54, 1.807) is 18.3 Å². The van der Waals surface area contributed by atoms with Gasteiger partial charge in [-0.25, -0.2) is 9.97 Å². The number of pyridine rings is 1. The molecule has 0 spiro atoms. The summed E-state index contributed by atoms with van der Waals surface area (Å²) in [5.74, 6) is 0.604. The number of thiazole rings is 1. The van der Waals surface area contributed by atoms with E-state index in [1.807, 2.05) is 54.6 Å². The summed E-state index contributed by atoms with van der Waals surface area (Å²) in [6.07, 6.45) is 3.37. The average molecular weight is 491 g/mol. The Morgan fingerprint density at radius 3 is 2.39 bits per heavy atom. The zero-order valence-electron chi connectivity index (χ0n) is 19.4. The van der Waals surface area contributed by atoms with E-state index in [9.17, 15) is 10.1 Å². The SMILES string of the molecule is N#C/C(=C\c1c(N2CCN(c3ccccc3)CC2)nc2ccccn2c1=O)c1nc2ccccc2s1. The third-order valence-corrected chi connectivity index (χ3v) is 7.45. The van der Waals surface area contributed by atoms with Crippen molar-refractivity contribution in [2.24, 2.45) is 0 Å². The quantitative estimate of drug-likeness (QED) is 0.340. The summed E-state index contributed by atoms with van der Waals surface area (Å²) in [4.78, 5) is 27.6. The zero-order valence-corrected chi connectivity index (χ0v) is 20.2. The molecule has 0 unspecified atom stereocenters. The van der Waals surface area contributed by atoms with Crippen LogP contribution in [0.4, 0.5) is 11.5 Å². The van der Waals surface area contributed by atoms with Crippen LogP contribution in [-0.4, -0.2) is 40.5 Å². The highest BCUT2D eigenvalue weighted by Gasteiger charge is 2.23. The van der Waals surface area contributed by atoms with E-state index >= 15 is 0 Å². The van der Waals surface area contributed by atoms with Crippen LogP contribution in [0.2, 0.25) is 0 Å². The van der Waals surface area contributed by atoms with Gasteiger partial charge in [-0.1, -0.05) is 36.4 Å². The van der Waals surface area contributed by atoms with Crippen LogP contribution in [0.25, 0.3) is 27.5 Å².